The molecule has 0 radical (unpaired) electrons. The van der Waals surface area contributed by atoms with Gasteiger partial charge in [0.1, 0.15) is 0 Å². The van der Waals surface area contributed by atoms with Gasteiger partial charge in [0.05, 0.1) is 5.69 Å². The molecule has 2 aliphatic rings. The quantitative estimate of drug-likeness (QED) is 0.796. The van der Waals surface area contributed by atoms with Crippen LogP contribution in [0.2, 0.25) is 0 Å². The van der Waals surface area contributed by atoms with E-state index in [-0.39, 0.29) is 11.8 Å². The summed E-state index contributed by atoms with van der Waals surface area (Å²) in [6, 6.07) is 0. The molecule has 2 aliphatic heterocycles. The maximum absolute atomic E-state index is 12.8. The lowest BCUT2D eigenvalue weighted by molar-refractivity contribution is -0.132. The number of hydrogen-bond acceptors (Lipinski definition) is 4. The highest BCUT2D eigenvalue weighted by molar-refractivity contribution is 5.91. The Morgan fingerprint density at radius 3 is 2.57 bits per heavy atom. The third kappa shape index (κ3) is 3.55. The van der Waals surface area contributed by atoms with Gasteiger partial charge in [-0.2, -0.15) is 5.10 Å². The number of rotatable bonds is 4. The van der Waals surface area contributed by atoms with Crippen LogP contribution in [0.15, 0.2) is 12.4 Å². The van der Waals surface area contributed by atoms with E-state index in [0.717, 1.165) is 43.6 Å². The molecule has 1 fully saturated rings. The predicted octanol–water partition coefficient (Wildman–Crippen LogP) is 1.30. The maximum atomic E-state index is 12.8. The minimum atomic E-state index is -0.0580. The molecule has 0 aliphatic carbocycles. The van der Waals surface area contributed by atoms with Gasteiger partial charge in [0, 0.05) is 83.2 Å². The lowest BCUT2D eigenvalue weighted by Crippen LogP contribution is -2.38. The molecule has 8 heteroatoms. The largest absolute Gasteiger partial charge is 0.343 e. The molecular weight excluding hydrogens is 356 g/mol. The minimum Gasteiger partial charge on any atom is -0.343 e. The van der Waals surface area contributed by atoms with Crippen molar-refractivity contribution in [2.75, 3.05) is 19.6 Å². The monoisotopic (exact) mass is 384 g/mol. The van der Waals surface area contributed by atoms with Gasteiger partial charge in [-0.15, -0.1) is 0 Å². The van der Waals surface area contributed by atoms with Gasteiger partial charge >= 0.3 is 0 Å². The molecule has 0 aromatic carbocycles. The van der Waals surface area contributed by atoms with Crippen molar-refractivity contribution >= 4 is 11.8 Å². The Labute approximate surface area is 165 Å². The number of nitrogens with zero attached hydrogens (tertiary/aromatic N) is 6. The van der Waals surface area contributed by atoms with Gasteiger partial charge in [0.15, 0.2) is 5.82 Å². The molecule has 0 unspecified atom stereocenters. The molecule has 0 bridgehead atoms. The number of hydrogen-bond donors (Lipinski definition) is 0. The van der Waals surface area contributed by atoms with Crippen LogP contribution in [0, 0.1) is 0 Å². The van der Waals surface area contributed by atoms with E-state index in [9.17, 15) is 9.59 Å². The second kappa shape index (κ2) is 7.77. The summed E-state index contributed by atoms with van der Waals surface area (Å²) in [4.78, 5) is 33.4. The number of aromatic nitrogens is 4. The number of likely N-dealkylation sites (tertiary alicyclic amines) is 1. The topological polar surface area (TPSA) is 76.3 Å². The Kier molecular flexibility index (Phi) is 5.19. The Morgan fingerprint density at radius 2 is 1.86 bits per heavy atom. The lowest BCUT2D eigenvalue weighted by atomic mass is 10.0. The van der Waals surface area contributed by atoms with Crippen LogP contribution in [0.5, 0.6) is 0 Å². The van der Waals surface area contributed by atoms with Crippen LogP contribution >= 0.6 is 0 Å². The number of imidazole rings is 1. The van der Waals surface area contributed by atoms with Gasteiger partial charge in [-0.25, -0.2) is 4.98 Å². The second-order valence-corrected chi connectivity index (χ2v) is 7.78. The fraction of sp³-hybridized carbons (Fsp3) is 0.600. The first-order valence-corrected chi connectivity index (χ1v) is 10.1. The van der Waals surface area contributed by atoms with Crippen molar-refractivity contribution in [3.8, 4) is 0 Å². The summed E-state index contributed by atoms with van der Waals surface area (Å²) < 4.78 is 3.66. The molecule has 150 valence electrons. The first-order chi connectivity index (χ1) is 13.5. The summed E-state index contributed by atoms with van der Waals surface area (Å²) in [5, 5.41) is 4.67. The zero-order valence-corrected chi connectivity index (χ0v) is 16.7. The standard InChI is InChI=1S/C20H28N6O2/c1-23-13-9-21-19(23)20(28)26-12-8-17-15(14-26)16(22-24(17)2)6-7-18(27)25-10-4-3-5-11-25/h9,13H,3-8,10-12,14H2,1-2H3. The van der Waals surface area contributed by atoms with Crippen molar-refractivity contribution in [1.29, 1.82) is 0 Å². The number of carbonyl (C=O) groups excluding carboxylic acids is 2. The van der Waals surface area contributed by atoms with E-state index >= 15 is 0 Å². The molecule has 2 aromatic rings. The van der Waals surface area contributed by atoms with Crippen molar-refractivity contribution in [1.82, 2.24) is 29.1 Å². The lowest BCUT2D eigenvalue weighted by Gasteiger charge is -2.28. The van der Waals surface area contributed by atoms with E-state index in [4.69, 9.17) is 0 Å². The van der Waals surface area contributed by atoms with Gasteiger partial charge in [-0.3, -0.25) is 14.3 Å². The molecule has 1 saturated heterocycles. The summed E-state index contributed by atoms with van der Waals surface area (Å²) >= 11 is 0. The molecule has 0 atom stereocenters. The average molecular weight is 384 g/mol. The van der Waals surface area contributed by atoms with Gasteiger partial charge < -0.3 is 14.4 Å². The minimum absolute atomic E-state index is 0.0580. The normalized spacial score (nSPS) is 16.9. The van der Waals surface area contributed by atoms with Crippen molar-refractivity contribution in [3.05, 3.63) is 35.2 Å². The molecule has 2 aromatic heterocycles. The third-order valence-corrected chi connectivity index (χ3v) is 5.91. The highest BCUT2D eigenvalue weighted by Gasteiger charge is 2.29. The molecule has 4 rings (SSSR count). The highest BCUT2D eigenvalue weighted by Crippen LogP contribution is 2.24. The fourth-order valence-corrected chi connectivity index (χ4v) is 4.28. The van der Waals surface area contributed by atoms with Gasteiger partial charge in [-0.1, -0.05) is 0 Å². The van der Waals surface area contributed by atoms with Gasteiger partial charge in [0.25, 0.3) is 5.91 Å². The van der Waals surface area contributed by atoms with Crippen molar-refractivity contribution < 1.29 is 9.59 Å². The fourth-order valence-electron chi connectivity index (χ4n) is 4.28. The maximum Gasteiger partial charge on any atom is 0.290 e. The SMILES string of the molecule is Cn1ccnc1C(=O)N1CCc2c(c(CCC(=O)N3CCCCC3)nn2C)C1. The molecule has 28 heavy (non-hydrogen) atoms. The second-order valence-electron chi connectivity index (χ2n) is 7.78. The van der Waals surface area contributed by atoms with Crippen molar-refractivity contribution in [2.24, 2.45) is 14.1 Å². The molecule has 8 nitrogen and oxygen atoms in total. The van der Waals surface area contributed by atoms with Gasteiger partial charge in [0.2, 0.25) is 5.91 Å². The van der Waals surface area contributed by atoms with Crippen LogP contribution in [-0.4, -0.2) is 60.6 Å². The van der Waals surface area contributed by atoms with Gasteiger partial charge in [-0.05, 0) is 19.3 Å². The smallest absolute Gasteiger partial charge is 0.290 e. The Bertz CT molecular complexity index is 877. The summed E-state index contributed by atoms with van der Waals surface area (Å²) in [7, 11) is 3.78. The number of fused-ring (bicyclic) bond motifs is 1. The van der Waals surface area contributed by atoms with E-state index in [0.29, 0.717) is 31.8 Å². The summed E-state index contributed by atoms with van der Waals surface area (Å²) in [5.41, 5.74) is 3.22. The molecule has 4 heterocycles. The zero-order valence-electron chi connectivity index (χ0n) is 16.7. The van der Waals surface area contributed by atoms with E-state index < -0.39 is 0 Å². The van der Waals surface area contributed by atoms with E-state index in [1.807, 2.05) is 28.6 Å². The number of carbonyl (C=O) groups is 2. The highest BCUT2D eigenvalue weighted by atomic mass is 16.2. The first kappa shape index (κ1) is 18.7. The molecule has 0 saturated carbocycles. The number of aryl methyl sites for hydroxylation is 3. The van der Waals surface area contributed by atoms with E-state index in [1.54, 1.807) is 17.0 Å². The zero-order chi connectivity index (χ0) is 19.7. The van der Waals surface area contributed by atoms with Crippen LogP contribution in [0.25, 0.3) is 0 Å². The van der Waals surface area contributed by atoms with Crippen molar-refractivity contribution in [3.63, 3.8) is 0 Å². The van der Waals surface area contributed by atoms with Crippen molar-refractivity contribution in [2.45, 2.75) is 45.1 Å². The number of amides is 2. The predicted molar refractivity (Wildman–Crippen MR) is 104 cm³/mol. The average Bonchev–Trinajstić information content (AvgIpc) is 3.29. The summed E-state index contributed by atoms with van der Waals surface area (Å²) in [6.45, 7) is 2.95. The Hall–Kier alpha value is -2.64. The molecule has 0 N–H and O–H groups in total. The Morgan fingerprint density at radius 1 is 1.07 bits per heavy atom. The molecule has 2 amide bonds. The van der Waals surface area contributed by atoms with Crippen LogP contribution in [0.4, 0.5) is 0 Å². The summed E-state index contributed by atoms with van der Waals surface area (Å²) in [6.07, 6.45) is 8.74. The molecular formula is C20H28N6O2. The van der Waals surface area contributed by atoms with E-state index in [2.05, 4.69) is 10.1 Å². The van der Waals surface area contributed by atoms with Crippen LogP contribution in [-0.2, 0) is 38.3 Å². The third-order valence-electron chi connectivity index (χ3n) is 5.91. The van der Waals surface area contributed by atoms with Crippen LogP contribution in [0.3, 0.4) is 0 Å². The number of piperidine rings is 1. The molecule has 0 spiro atoms. The summed E-state index contributed by atoms with van der Waals surface area (Å²) in [5.74, 6) is 0.613. The van der Waals surface area contributed by atoms with Crippen LogP contribution < -0.4 is 0 Å². The first-order valence-electron chi connectivity index (χ1n) is 10.1. The van der Waals surface area contributed by atoms with E-state index in [1.165, 1.54) is 12.1 Å². The van der Waals surface area contributed by atoms with Crippen LogP contribution in [0.1, 0.15) is 53.3 Å². The Balaban J connectivity index is 1.46.